The van der Waals surface area contributed by atoms with E-state index < -0.39 is 18.0 Å². The van der Waals surface area contributed by atoms with Gasteiger partial charge in [-0.25, -0.2) is 15.0 Å². The predicted octanol–water partition coefficient (Wildman–Crippen LogP) is 5.51. The number of halogens is 3. The molecule has 34 heavy (non-hydrogen) atoms. The number of rotatable bonds is 7. The van der Waals surface area contributed by atoms with E-state index in [1.165, 1.54) is 24.5 Å². The molecule has 4 aromatic rings. The molecule has 3 N–H and O–H groups in total. The van der Waals surface area contributed by atoms with Gasteiger partial charge in [0, 0.05) is 23.6 Å². The normalized spacial score (nSPS) is 10.9. The van der Waals surface area contributed by atoms with Crippen LogP contribution in [0.15, 0.2) is 85.3 Å². The smallest absolute Gasteiger partial charge is 0.405 e. The number of pyridine rings is 1. The molecule has 0 radical (unpaired) electrons. The van der Waals surface area contributed by atoms with E-state index in [0.29, 0.717) is 28.8 Å². The molecule has 1 amide bonds. The minimum absolute atomic E-state index is 0.240. The van der Waals surface area contributed by atoms with Crippen molar-refractivity contribution in [1.82, 2.24) is 15.0 Å². The van der Waals surface area contributed by atoms with Crippen molar-refractivity contribution >= 4 is 34.7 Å². The Morgan fingerprint density at radius 3 is 2.15 bits per heavy atom. The number of para-hydroxylation sites is 1. The van der Waals surface area contributed by atoms with Gasteiger partial charge in [0.1, 0.15) is 29.5 Å². The summed E-state index contributed by atoms with van der Waals surface area (Å²) in [4.78, 5) is 25.0. The summed E-state index contributed by atoms with van der Waals surface area (Å²) in [5.74, 6) is 0.379. The van der Waals surface area contributed by atoms with Crippen molar-refractivity contribution in [2.45, 2.75) is 6.36 Å². The van der Waals surface area contributed by atoms with E-state index in [4.69, 9.17) is 0 Å². The molecule has 2 heterocycles. The van der Waals surface area contributed by atoms with Crippen molar-refractivity contribution in [3.8, 4) is 5.75 Å². The molecular formula is C23H17F3N6O2. The Bertz CT molecular complexity index is 1270. The Labute approximate surface area is 191 Å². The summed E-state index contributed by atoms with van der Waals surface area (Å²) in [6.45, 7) is 0. The quantitative estimate of drug-likeness (QED) is 0.330. The first-order valence-corrected chi connectivity index (χ1v) is 9.89. The minimum Gasteiger partial charge on any atom is -0.405 e. The molecule has 4 rings (SSSR count). The first-order chi connectivity index (χ1) is 16.4. The summed E-state index contributed by atoms with van der Waals surface area (Å²) in [6.07, 6.45) is -1.86. The maximum atomic E-state index is 12.6. The summed E-state index contributed by atoms with van der Waals surface area (Å²) in [6, 6.07) is 18.8. The van der Waals surface area contributed by atoms with Gasteiger partial charge in [-0.05, 0) is 48.5 Å². The average molecular weight is 466 g/mol. The van der Waals surface area contributed by atoms with Gasteiger partial charge in [0.15, 0.2) is 0 Å². The molecule has 0 aliphatic carbocycles. The van der Waals surface area contributed by atoms with Crippen LogP contribution < -0.4 is 20.7 Å². The number of benzene rings is 2. The number of alkyl halides is 3. The highest BCUT2D eigenvalue weighted by atomic mass is 19.4. The van der Waals surface area contributed by atoms with Gasteiger partial charge in [0.05, 0.1) is 5.56 Å². The maximum Gasteiger partial charge on any atom is 0.573 e. The molecule has 2 aromatic heterocycles. The highest BCUT2D eigenvalue weighted by Crippen LogP contribution is 2.27. The highest BCUT2D eigenvalue weighted by molar-refractivity contribution is 6.06. The number of nitrogens with zero attached hydrogens (tertiary/aromatic N) is 3. The van der Waals surface area contributed by atoms with Crippen LogP contribution in [0.4, 0.5) is 42.0 Å². The van der Waals surface area contributed by atoms with Crippen LogP contribution in [-0.4, -0.2) is 27.2 Å². The first-order valence-electron chi connectivity index (χ1n) is 9.89. The van der Waals surface area contributed by atoms with Gasteiger partial charge in [0.2, 0.25) is 0 Å². The lowest BCUT2D eigenvalue weighted by Crippen LogP contribution is -2.20. The number of aromatic nitrogens is 3. The van der Waals surface area contributed by atoms with E-state index in [1.807, 2.05) is 6.07 Å². The lowest BCUT2D eigenvalue weighted by atomic mass is 10.2. The fraction of sp³-hybridized carbons (Fsp3) is 0.0435. The third kappa shape index (κ3) is 6.19. The summed E-state index contributed by atoms with van der Waals surface area (Å²) in [5.41, 5.74) is 0.815. The molecular weight excluding hydrogens is 449 g/mol. The van der Waals surface area contributed by atoms with Gasteiger partial charge in [-0.1, -0.05) is 18.2 Å². The van der Waals surface area contributed by atoms with Crippen LogP contribution in [0, 0.1) is 0 Å². The monoisotopic (exact) mass is 466 g/mol. The molecule has 0 aliphatic rings. The number of carbonyl (C=O) groups excluding carboxylic acids is 1. The number of anilines is 5. The van der Waals surface area contributed by atoms with Crippen molar-refractivity contribution < 1.29 is 22.7 Å². The summed E-state index contributed by atoms with van der Waals surface area (Å²) >= 11 is 0. The van der Waals surface area contributed by atoms with Crippen molar-refractivity contribution in [3.05, 3.63) is 90.9 Å². The van der Waals surface area contributed by atoms with Crippen LogP contribution in [0.5, 0.6) is 5.75 Å². The summed E-state index contributed by atoms with van der Waals surface area (Å²) in [5, 5.41) is 8.73. The fourth-order valence-electron chi connectivity index (χ4n) is 2.91. The molecule has 8 nitrogen and oxygen atoms in total. The average Bonchev–Trinajstić information content (AvgIpc) is 2.80. The third-order valence-electron chi connectivity index (χ3n) is 4.36. The van der Waals surface area contributed by atoms with Crippen LogP contribution >= 0.6 is 0 Å². The van der Waals surface area contributed by atoms with E-state index in [9.17, 15) is 18.0 Å². The van der Waals surface area contributed by atoms with E-state index in [2.05, 4.69) is 35.6 Å². The number of amides is 1. The van der Waals surface area contributed by atoms with E-state index >= 15 is 0 Å². The van der Waals surface area contributed by atoms with Crippen molar-refractivity contribution in [1.29, 1.82) is 0 Å². The highest BCUT2D eigenvalue weighted by Gasteiger charge is 2.32. The van der Waals surface area contributed by atoms with Gasteiger partial charge in [-0.15, -0.1) is 13.2 Å². The predicted molar refractivity (Wildman–Crippen MR) is 120 cm³/mol. The van der Waals surface area contributed by atoms with E-state index in [0.717, 1.165) is 6.07 Å². The zero-order valence-corrected chi connectivity index (χ0v) is 17.4. The molecule has 0 fully saturated rings. The van der Waals surface area contributed by atoms with Gasteiger partial charge < -0.3 is 20.7 Å². The molecule has 0 saturated carbocycles. The van der Waals surface area contributed by atoms with Crippen LogP contribution in [-0.2, 0) is 0 Å². The zero-order valence-electron chi connectivity index (χ0n) is 17.4. The standard InChI is InChI=1S/C23H17F3N6O2/c24-23(25,26)34-18-6-2-1-5-17(18)22(33)31-16-10-8-15(9-11-16)30-20-13-21(29-14-28-20)32-19-7-3-4-12-27-19/h1-14H,(H,31,33)(H2,27,28,29,30,32). The molecule has 0 unspecified atom stereocenters. The second-order valence-electron chi connectivity index (χ2n) is 6.83. The number of carbonyl (C=O) groups is 1. The Morgan fingerprint density at radius 2 is 1.44 bits per heavy atom. The molecule has 2 aromatic carbocycles. The number of hydrogen-bond acceptors (Lipinski definition) is 7. The second-order valence-corrected chi connectivity index (χ2v) is 6.83. The first kappa shape index (κ1) is 22.5. The van der Waals surface area contributed by atoms with Gasteiger partial charge in [-0.2, -0.15) is 0 Å². The second kappa shape index (κ2) is 9.86. The Hall–Kier alpha value is -4.67. The largest absolute Gasteiger partial charge is 0.573 e. The lowest BCUT2D eigenvalue weighted by molar-refractivity contribution is -0.274. The molecule has 172 valence electrons. The van der Waals surface area contributed by atoms with E-state index in [-0.39, 0.29) is 5.56 Å². The maximum absolute atomic E-state index is 12.6. The van der Waals surface area contributed by atoms with Gasteiger partial charge in [-0.3, -0.25) is 4.79 Å². The number of nitrogens with one attached hydrogen (secondary N) is 3. The van der Waals surface area contributed by atoms with Crippen LogP contribution in [0.25, 0.3) is 0 Å². The van der Waals surface area contributed by atoms with Crippen LogP contribution in [0.1, 0.15) is 10.4 Å². The van der Waals surface area contributed by atoms with Crippen LogP contribution in [0.2, 0.25) is 0 Å². The molecule has 11 heteroatoms. The van der Waals surface area contributed by atoms with Crippen molar-refractivity contribution in [2.75, 3.05) is 16.0 Å². The molecule has 0 bridgehead atoms. The molecule has 0 atom stereocenters. The van der Waals surface area contributed by atoms with Crippen molar-refractivity contribution in [3.63, 3.8) is 0 Å². The topological polar surface area (TPSA) is 101 Å². The molecule has 0 aliphatic heterocycles. The van der Waals surface area contributed by atoms with Gasteiger partial charge >= 0.3 is 6.36 Å². The van der Waals surface area contributed by atoms with Gasteiger partial charge in [0.25, 0.3) is 5.91 Å². The Balaban J connectivity index is 1.41. The SMILES string of the molecule is O=C(Nc1ccc(Nc2cc(Nc3ccccn3)ncn2)cc1)c1ccccc1OC(F)(F)F. The van der Waals surface area contributed by atoms with E-state index in [1.54, 1.807) is 48.7 Å². The zero-order chi connectivity index (χ0) is 24.0. The third-order valence-corrected chi connectivity index (χ3v) is 4.36. The van der Waals surface area contributed by atoms with Crippen LogP contribution in [0.3, 0.4) is 0 Å². The summed E-state index contributed by atoms with van der Waals surface area (Å²) in [7, 11) is 0. The lowest BCUT2D eigenvalue weighted by Gasteiger charge is -2.13. The van der Waals surface area contributed by atoms with Crippen molar-refractivity contribution in [2.24, 2.45) is 0 Å². The minimum atomic E-state index is -4.91. The fourth-order valence-corrected chi connectivity index (χ4v) is 2.91. The summed E-state index contributed by atoms with van der Waals surface area (Å²) < 4.78 is 41.7. The molecule has 0 spiro atoms. The molecule has 0 saturated heterocycles. The number of ether oxygens (including phenoxy) is 1. The Morgan fingerprint density at radius 1 is 0.765 bits per heavy atom. The number of hydrogen-bond donors (Lipinski definition) is 3. The Kier molecular flexibility index (Phi) is 6.53.